The zero-order chi connectivity index (χ0) is 25.8. The number of carbonyl (C=O) groups excluding carboxylic acids is 2. The van der Waals surface area contributed by atoms with Crippen LogP contribution in [0.5, 0.6) is 0 Å². The third kappa shape index (κ3) is 5.45. The van der Waals surface area contributed by atoms with Crippen LogP contribution >= 0.6 is 11.6 Å². The number of hydrogen-bond donors (Lipinski definition) is 2. The second-order valence-electron chi connectivity index (χ2n) is 9.65. The largest absolute Gasteiger partial charge is 0.395 e. The molecule has 190 valence electrons. The van der Waals surface area contributed by atoms with Crippen LogP contribution in [-0.4, -0.2) is 33.0 Å². The summed E-state index contributed by atoms with van der Waals surface area (Å²) < 4.78 is 2.02. The van der Waals surface area contributed by atoms with Crippen LogP contribution in [-0.2, 0) is 11.3 Å². The molecule has 1 aliphatic carbocycles. The van der Waals surface area contributed by atoms with Gasteiger partial charge in [0.1, 0.15) is 5.82 Å². The molecule has 2 aromatic heterocycles. The predicted molar refractivity (Wildman–Crippen MR) is 146 cm³/mol. The van der Waals surface area contributed by atoms with E-state index in [-0.39, 0.29) is 24.2 Å². The van der Waals surface area contributed by atoms with Crippen molar-refractivity contribution in [3.8, 4) is 0 Å². The highest BCUT2D eigenvalue weighted by molar-refractivity contribution is 6.36. The maximum absolute atomic E-state index is 13.2. The van der Waals surface area contributed by atoms with Crippen molar-refractivity contribution in [2.75, 3.05) is 11.9 Å². The summed E-state index contributed by atoms with van der Waals surface area (Å²) in [7, 11) is 0. The molecule has 2 unspecified atom stereocenters. The summed E-state index contributed by atoms with van der Waals surface area (Å²) in [6.07, 6.45) is 8.18. The smallest absolute Gasteiger partial charge is 0.225 e. The van der Waals surface area contributed by atoms with E-state index in [0.717, 1.165) is 36.6 Å². The van der Waals surface area contributed by atoms with Crippen molar-refractivity contribution in [3.05, 3.63) is 94.8 Å². The van der Waals surface area contributed by atoms with Crippen LogP contribution in [0.15, 0.2) is 73.1 Å². The highest BCUT2D eigenvalue weighted by Crippen LogP contribution is 2.45. The van der Waals surface area contributed by atoms with E-state index in [0.29, 0.717) is 40.9 Å². The summed E-state index contributed by atoms with van der Waals surface area (Å²) in [4.78, 5) is 29.9. The SMILES string of the molecule is O=C(CCC1CCCC1c1cn(CCO)c2cc(C(=O)c3ccccc3)c(Cl)cc12)Nc1ccccn1. The van der Waals surface area contributed by atoms with Gasteiger partial charge in [0.25, 0.3) is 0 Å². The van der Waals surface area contributed by atoms with Crippen molar-refractivity contribution in [2.45, 2.75) is 44.6 Å². The van der Waals surface area contributed by atoms with E-state index < -0.39 is 0 Å². The number of aromatic nitrogens is 2. The van der Waals surface area contributed by atoms with Crippen LogP contribution in [0.3, 0.4) is 0 Å². The molecule has 1 fully saturated rings. The van der Waals surface area contributed by atoms with E-state index in [2.05, 4.69) is 16.5 Å². The molecule has 4 aromatic rings. The summed E-state index contributed by atoms with van der Waals surface area (Å²) in [6.45, 7) is 0.427. The maximum atomic E-state index is 13.2. The molecule has 2 aromatic carbocycles. The Labute approximate surface area is 221 Å². The van der Waals surface area contributed by atoms with Crippen LogP contribution in [0.4, 0.5) is 5.82 Å². The number of hydrogen-bond acceptors (Lipinski definition) is 4. The van der Waals surface area contributed by atoms with Gasteiger partial charge in [-0.25, -0.2) is 4.98 Å². The summed E-state index contributed by atoms with van der Waals surface area (Å²) >= 11 is 6.69. The quantitative estimate of drug-likeness (QED) is 0.259. The van der Waals surface area contributed by atoms with Gasteiger partial charge in [-0.15, -0.1) is 0 Å². The molecule has 1 aliphatic rings. The fraction of sp³-hybridized carbons (Fsp3) is 0.300. The normalized spacial score (nSPS) is 17.2. The van der Waals surface area contributed by atoms with Gasteiger partial charge in [-0.2, -0.15) is 0 Å². The molecule has 6 nitrogen and oxygen atoms in total. The average Bonchev–Trinajstić information content (AvgIpc) is 3.52. The Morgan fingerprint density at radius 2 is 1.89 bits per heavy atom. The summed E-state index contributed by atoms with van der Waals surface area (Å²) in [5, 5.41) is 14.0. The second-order valence-corrected chi connectivity index (χ2v) is 10.1. The molecule has 37 heavy (non-hydrogen) atoms. The minimum absolute atomic E-state index is 0.00437. The monoisotopic (exact) mass is 515 g/mol. The Morgan fingerprint density at radius 1 is 1.08 bits per heavy atom. The molecular formula is C30H30ClN3O3. The molecule has 0 saturated heterocycles. The van der Waals surface area contributed by atoms with Gasteiger partial charge in [0.15, 0.2) is 5.78 Å². The lowest BCUT2D eigenvalue weighted by Gasteiger charge is -2.19. The number of rotatable bonds is 9. The second kappa shape index (κ2) is 11.3. The number of amides is 1. The first-order valence-corrected chi connectivity index (χ1v) is 13.2. The fourth-order valence-electron chi connectivity index (χ4n) is 5.60. The van der Waals surface area contributed by atoms with Crippen molar-refractivity contribution in [2.24, 2.45) is 5.92 Å². The number of fused-ring (bicyclic) bond motifs is 1. The van der Waals surface area contributed by atoms with Crippen LogP contribution in [0.1, 0.15) is 59.5 Å². The highest BCUT2D eigenvalue weighted by atomic mass is 35.5. The zero-order valence-electron chi connectivity index (χ0n) is 20.6. The van der Waals surface area contributed by atoms with Gasteiger partial charge >= 0.3 is 0 Å². The van der Waals surface area contributed by atoms with Crippen LogP contribution < -0.4 is 5.32 Å². The van der Waals surface area contributed by atoms with E-state index in [1.165, 1.54) is 5.56 Å². The molecule has 1 amide bonds. The van der Waals surface area contributed by atoms with Crippen molar-refractivity contribution in [1.82, 2.24) is 9.55 Å². The molecule has 7 heteroatoms. The minimum atomic E-state index is -0.122. The van der Waals surface area contributed by atoms with Gasteiger partial charge in [-0.05, 0) is 60.9 Å². The van der Waals surface area contributed by atoms with E-state index >= 15 is 0 Å². The Bertz CT molecular complexity index is 1400. The van der Waals surface area contributed by atoms with Crippen LogP contribution in [0.2, 0.25) is 5.02 Å². The number of carbonyl (C=O) groups is 2. The molecule has 2 heterocycles. The molecular weight excluding hydrogens is 486 g/mol. The van der Waals surface area contributed by atoms with Gasteiger partial charge in [-0.1, -0.05) is 54.4 Å². The van der Waals surface area contributed by atoms with Crippen molar-refractivity contribution >= 4 is 40.0 Å². The van der Waals surface area contributed by atoms with Crippen LogP contribution in [0, 0.1) is 5.92 Å². The van der Waals surface area contributed by atoms with Crippen LogP contribution in [0.25, 0.3) is 10.9 Å². The van der Waals surface area contributed by atoms with Crippen molar-refractivity contribution in [1.29, 1.82) is 0 Å². The number of aliphatic hydroxyl groups is 1. The van der Waals surface area contributed by atoms with Crippen molar-refractivity contribution < 1.29 is 14.7 Å². The lowest BCUT2D eigenvalue weighted by Crippen LogP contribution is -2.15. The Hall–Kier alpha value is -3.48. The summed E-state index contributed by atoms with van der Waals surface area (Å²) in [5.41, 5.74) is 3.12. The molecule has 2 N–H and O–H groups in total. The minimum Gasteiger partial charge on any atom is -0.395 e. The Morgan fingerprint density at radius 3 is 2.65 bits per heavy atom. The van der Waals surface area contributed by atoms with E-state index in [1.54, 1.807) is 24.4 Å². The third-order valence-electron chi connectivity index (χ3n) is 7.36. The van der Waals surface area contributed by atoms with E-state index in [1.807, 2.05) is 47.0 Å². The third-order valence-corrected chi connectivity index (χ3v) is 7.67. The predicted octanol–water partition coefficient (Wildman–Crippen LogP) is 6.22. The Balaban J connectivity index is 1.41. The number of nitrogens with zero attached hydrogens (tertiary/aromatic N) is 2. The number of aliphatic hydroxyl groups excluding tert-OH is 1. The molecule has 0 aliphatic heterocycles. The van der Waals surface area contributed by atoms with Gasteiger partial charge in [0.2, 0.25) is 5.91 Å². The molecule has 1 saturated carbocycles. The number of pyridine rings is 1. The van der Waals surface area contributed by atoms with E-state index in [4.69, 9.17) is 11.6 Å². The highest BCUT2D eigenvalue weighted by Gasteiger charge is 2.31. The summed E-state index contributed by atoms with van der Waals surface area (Å²) in [6, 6.07) is 18.3. The number of halogens is 1. The first kappa shape index (κ1) is 25.2. The topological polar surface area (TPSA) is 84.2 Å². The Kier molecular flexibility index (Phi) is 7.68. The molecule has 5 rings (SSSR count). The average molecular weight is 516 g/mol. The van der Waals surface area contributed by atoms with E-state index in [9.17, 15) is 14.7 Å². The molecule has 0 bridgehead atoms. The lowest BCUT2D eigenvalue weighted by atomic mass is 9.85. The number of benzene rings is 2. The lowest BCUT2D eigenvalue weighted by molar-refractivity contribution is -0.116. The standard InChI is InChI=1S/C30H30ClN3O3/c31-26-17-23-25(22-10-6-9-20(22)12-13-29(36)33-28-11-4-5-14-32-28)19-34(15-16-35)27(23)18-24(26)30(37)21-7-2-1-3-8-21/h1-5,7-8,11,14,17-20,22,35H,6,9-10,12-13,15-16H2,(H,32,33,36). The van der Waals surface area contributed by atoms with Gasteiger partial charge in [0, 0.05) is 47.4 Å². The van der Waals surface area contributed by atoms with Gasteiger partial charge in [-0.3, -0.25) is 9.59 Å². The molecule has 0 radical (unpaired) electrons. The van der Waals surface area contributed by atoms with Gasteiger partial charge in [0.05, 0.1) is 11.6 Å². The maximum Gasteiger partial charge on any atom is 0.225 e. The number of nitrogens with one attached hydrogen (secondary N) is 1. The zero-order valence-corrected chi connectivity index (χ0v) is 21.3. The number of anilines is 1. The summed E-state index contributed by atoms with van der Waals surface area (Å²) in [5.74, 6) is 1.07. The first-order chi connectivity index (χ1) is 18.0. The molecule has 0 spiro atoms. The number of ketones is 1. The molecule has 2 atom stereocenters. The fourth-order valence-corrected chi connectivity index (χ4v) is 5.84. The van der Waals surface area contributed by atoms with Gasteiger partial charge < -0.3 is 15.0 Å². The van der Waals surface area contributed by atoms with Crippen molar-refractivity contribution in [3.63, 3.8) is 0 Å². The first-order valence-electron chi connectivity index (χ1n) is 12.8.